The fourth-order valence-corrected chi connectivity index (χ4v) is 3.19. The number of aliphatic hydroxyl groups excluding tert-OH is 1. The molecule has 0 aromatic heterocycles. The molecule has 4 nitrogen and oxygen atoms in total. The van der Waals surface area contributed by atoms with Crippen LogP contribution in [0.1, 0.15) is 44.6 Å². The van der Waals surface area contributed by atoms with Crippen molar-refractivity contribution in [3.63, 3.8) is 0 Å². The Labute approximate surface area is 197 Å². The molecule has 3 rings (SSSR count). The smallest absolute Gasteiger partial charge is 0.328 e. The number of hydrogen-bond donors (Lipinski definition) is 2. The van der Waals surface area contributed by atoms with Crippen LogP contribution in [0.25, 0.3) is 17.2 Å². The van der Waals surface area contributed by atoms with Gasteiger partial charge in [0.15, 0.2) is 0 Å². The average Bonchev–Trinajstić information content (AvgIpc) is 2.86. The van der Waals surface area contributed by atoms with Crippen LogP contribution >= 0.6 is 0 Å². The third-order valence-corrected chi connectivity index (χ3v) is 5.01. The first-order valence-electron chi connectivity index (χ1n) is 11.5. The van der Waals surface area contributed by atoms with Gasteiger partial charge in [0.2, 0.25) is 0 Å². The number of rotatable bonds is 11. The van der Waals surface area contributed by atoms with Crippen molar-refractivity contribution in [3.05, 3.63) is 96.6 Å². The van der Waals surface area contributed by atoms with E-state index in [0.29, 0.717) is 5.75 Å². The number of hydrogen-bond acceptors (Lipinski definition) is 3. The van der Waals surface area contributed by atoms with Crippen LogP contribution in [0.5, 0.6) is 5.75 Å². The van der Waals surface area contributed by atoms with E-state index in [4.69, 9.17) is 9.84 Å². The number of carboxylic acid groups (broad SMARTS) is 1. The van der Waals surface area contributed by atoms with Crippen LogP contribution in [0, 0.1) is 0 Å². The molecule has 0 radical (unpaired) electrons. The molecule has 1 unspecified atom stereocenters. The van der Waals surface area contributed by atoms with Crippen molar-refractivity contribution < 1.29 is 19.7 Å². The van der Waals surface area contributed by atoms with Gasteiger partial charge in [0.05, 0.1) is 6.10 Å². The number of ether oxygens (including phenoxy) is 1. The van der Waals surface area contributed by atoms with Gasteiger partial charge in [0, 0.05) is 6.08 Å². The Kier molecular flexibility index (Phi) is 12.1. The highest BCUT2D eigenvalue weighted by Crippen LogP contribution is 2.17. The zero-order valence-corrected chi connectivity index (χ0v) is 19.3. The molecule has 0 fully saturated rings. The highest BCUT2D eigenvalue weighted by Gasteiger charge is 2.05. The highest BCUT2D eigenvalue weighted by molar-refractivity contribution is 5.85. The second kappa shape index (κ2) is 15.4. The number of aliphatic hydroxyl groups is 1. The molecule has 0 amide bonds. The minimum Gasteiger partial charge on any atom is -0.491 e. The molecule has 1 atom stereocenters. The molecule has 0 heterocycles. The Morgan fingerprint density at radius 3 is 1.94 bits per heavy atom. The second-order valence-corrected chi connectivity index (χ2v) is 7.79. The summed E-state index contributed by atoms with van der Waals surface area (Å²) in [5, 5.41) is 18.3. The van der Waals surface area contributed by atoms with Crippen LogP contribution in [0.2, 0.25) is 0 Å². The van der Waals surface area contributed by atoms with E-state index >= 15 is 0 Å². The van der Waals surface area contributed by atoms with Gasteiger partial charge < -0.3 is 14.9 Å². The highest BCUT2D eigenvalue weighted by atomic mass is 16.5. The molecular weight excluding hydrogens is 412 g/mol. The van der Waals surface area contributed by atoms with Crippen molar-refractivity contribution in [2.24, 2.45) is 0 Å². The fourth-order valence-electron chi connectivity index (χ4n) is 3.19. The Bertz CT molecular complexity index is 897. The summed E-state index contributed by atoms with van der Waals surface area (Å²) < 4.78 is 5.51. The summed E-state index contributed by atoms with van der Waals surface area (Å²) in [5.74, 6) is -0.295. The van der Waals surface area contributed by atoms with Crippen LogP contribution in [0.15, 0.2) is 91.0 Å². The molecule has 0 bridgehead atoms. The quantitative estimate of drug-likeness (QED) is 0.250. The maximum atomic E-state index is 10.4. The Morgan fingerprint density at radius 2 is 1.42 bits per heavy atom. The van der Waals surface area contributed by atoms with Crippen molar-refractivity contribution >= 4 is 12.0 Å². The maximum Gasteiger partial charge on any atom is 0.328 e. The number of carboxylic acids is 1. The zero-order valence-electron chi connectivity index (χ0n) is 19.3. The van der Waals surface area contributed by atoms with Gasteiger partial charge in [0.25, 0.3) is 0 Å². The summed E-state index contributed by atoms with van der Waals surface area (Å²) in [6.45, 7) is 2.45. The Hall–Kier alpha value is -3.37. The lowest BCUT2D eigenvalue weighted by atomic mass is 10.1. The molecule has 0 spiro atoms. The molecule has 0 saturated carbocycles. The van der Waals surface area contributed by atoms with Crippen molar-refractivity contribution in [2.75, 3.05) is 6.61 Å². The Morgan fingerprint density at radius 1 is 0.848 bits per heavy atom. The largest absolute Gasteiger partial charge is 0.491 e. The lowest BCUT2D eigenvalue weighted by Crippen LogP contribution is -2.17. The molecule has 33 heavy (non-hydrogen) atoms. The van der Waals surface area contributed by atoms with E-state index in [0.717, 1.165) is 30.9 Å². The molecule has 174 valence electrons. The lowest BCUT2D eigenvalue weighted by molar-refractivity contribution is -0.131. The van der Waals surface area contributed by atoms with E-state index < -0.39 is 12.1 Å². The molecule has 2 N–H and O–H groups in total. The van der Waals surface area contributed by atoms with Crippen LogP contribution in [0.3, 0.4) is 0 Å². The van der Waals surface area contributed by atoms with Gasteiger partial charge in [-0.2, -0.15) is 0 Å². The minimum absolute atomic E-state index is 0.288. The average molecular weight is 447 g/mol. The number of aliphatic carboxylic acids is 1. The molecule has 0 aliphatic carbocycles. The summed E-state index contributed by atoms with van der Waals surface area (Å²) >= 11 is 0. The van der Waals surface area contributed by atoms with Gasteiger partial charge in [0.1, 0.15) is 12.4 Å². The standard InChI is InChI=1S/C17H24O4.C12H10/c1-2-3-4-5-6-15(18)13-21-16-10-7-14(8-11-16)9-12-17(19)20;1-3-7-11(8-4-1)12-9-5-2-6-10-12/h7-12,15,18H,2-6,13H2,1H3,(H,19,20);1-10H. The van der Waals surface area contributed by atoms with Gasteiger partial charge in [-0.05, 0) is 41.3 Å². The van der Waals surface area contributed by atoms with Gasteiger partial charge >= 0.3 is 5.97 Å². The van der Waals surface area contributed by atoms with E-state index in [9.17, 15) is 9.90 Å². The van der Waals surface area contributed by atoms with Gasteiger partial charge in [-0.15, -0.1) is 0 Å². The first-order valence-corrected chi connectivity index (χ1v) is 11.5. The molecule has 0 aliphatic rings. The van der Waals surface area contributed by atoms with Crippen molar-refractivity contribution in [1.29, 1.82) is 0 Å². The molecule has 0 saturated heterocycles. The topological polar surface area (TPSA) is 66.8 Å². The summed E-state index contributed by atoms with van der Waals surface area (Å²) in [4.78, 5) is 10.4. The SMILES string of the molecule is CCCCCCC(O)COc1ccc(C=CC(=O)O)cc1.c1ccc(-c2ccccc2)cc1. The number of benzene rings is 3. The normalized spacial score (nSPS) is 11.5. The summed E-state index contributed by atoms with van der Waals surface area (Å²) in [7, 11) is 0. The van der Waals surface area contributed by atoms with Crippen molar-refractivity contribution in [2.45, 2.75) is 45.1 Å². The van der Waals surface area contributed by atoms with E-state index in [1.807, 2.05) is 12.1 Å². The Balaban J connectivity index is 0.000000268. The first kappa shape index (κ1) is 25.9. The lowest BCUT2D eigenvalue weighted by Gasteiger charge is -2.12. The maximum absolute atomic E-state index is 10.4. The third kappa shape index (κ3) is 11.2. The number of carbonyl (C=O) groups is 1. The third-order valence-electron chi connectivity index (χ3n) is 5.01. The number of unbranched alkanes of at least 4 members (excludes halogenated alkanes) is 3. The van der Waals surface area contributed by atoms with E-state index in [1.165, 1.54) is 30.0 Å². The minimum atomic E-state index is -0.971. The molecular formula is C29H34O4. The van der Waals surface area contributed by atoms with Crippen LogP contribution in [-0.2, 0) is 4.79 Å². The molecule has 0 aliphatic heterocycles. The van der Waals surface area contributed by atoms with Gasteiger partial charge in [-0.3, -0.25) is 0 Å². The fraction of sp³-hybridized carbons (Fsp3) is 0.276. The van der Waals surface area contributed by atoms with E-state index in [-0.39, 0.29) is 6.61 Å². The van der Waals surface area contributed by atoms with E-state index in [1.54, 1.807) is 24.3 Å². The predicted molar refractivity (Wildman–Crippen MR) is 135 cm³/mol. The summed E-state index contributed by atoms with van der Waals surface area (Å²) in [6, 6.07) is 27.9. The van der Waals surface area contributed by atoms with Gasteiger partial charge in [-0.25, -0.2) is 4.79 Å². The van der Waals surface area contributed by atoms with Gasteiger partial charge in [-0.1, -0.05) is 105 Å². The van der Waals surface area contributed by atoms with E-state index in [2.05, 4.69) is 55.5 Å². The molecule has 3 aromatic rings. The summed E-state index contributed by atoms with van der Waals surface area (Å²) in [5.41, 5.74) is 3.35. The molecule has 4 heteroatoms. The van der Waals surface area contributed by atoms with Crippen molar-refractivity contribution in [3.8, 4) is 16.9 Å². The molecule has 3 aromatic carbocycles. The summed E-state index contributed by atoms with van der Waals surface area (Å²) in [6.07, 6.45) is 7.52. The van der Waals surface area contributed by atoms with Crippen LogP contribution in [-0.4, -0.2) is 28.9 Å². The second-order valence-electron chi connectivity index (χ2n) is 7.79. The van der Waals surface area contributed by atoms with Crippen LogP contribution < -0.4 is 4.74 Å². The van der Waals surface area contributed by atoms with Crippen molar-refractivity contribution in [1.82, 2.24) is 0 Å². The zero-order chi connectivity index (χ0) is 23.7. The monoisotopic (exact) mass is 446 g/mol. The first-order chi connectivity index (χ1) is 16.1. The van der Waals surface area contributed by atoms with Crippen LogP contribution in [0.4, 0.5) is 0 Å². The predicted octanol–water partition coefficient (Wildman–Crippen LogP) is 6.85.